The van der Waals surface area contributed by atoms with Crippen LogP contribution in [0.25, 0.3) is 16.6 Å². The van der Waals surface area contributed by atoms with E-state index in [1.54, 1.807) is 35.0 Å². The van der Waals surface area contributed by atoms with Crippen LogP contribution < -0.4 is 0 Å². The molecule has 0 aliphatic carbocycles. The molecule has 1 aliphatic heterocycles. The van der Waals surface area contributed by atoms with E-state index in [9.17, 15) is 24.0 Å². The third kappa shape index (κ3) is 8.58. The Kier molecular flexibility index (Phi) is 11.4. The van der Waals surface area contributed by atoms with E-state index in [0.29, 0.717) is 27.9 Å². The van der Waals surface area contributed by atoms with E-state index in [1.807, 2.05) is 28.8 Å². The Morgan fingerprint density at radius 1 is 0.778 bits per heavy atom. The van der Waals surface area contributed by atoms with Gasteiger partial charge < -0.3 is 28.3 Å². The lowest BCUT2D eigenvalue weighted by atomic mass is 10.0. The minimum atomic E-state index is -1.58. The highest BCUT2D eigenvalue weighted by Crippen LogP contribution is 2.38. The summed E-state index contributed by atoms with van der Waals surface area (Å²) in [6, 6.07) is 14.3. The number of ether oxygens (including phenoxy) is 5. The molecular formula is C34H33ClN8O10S. The Morgan fingerprint density at radius 2 is 1.43 bits per heavy atom. The van der Waals surface area contributed by atoms with Crippen molar-refractivity contribution in [1.82, 2.24) is 39.5 Å². The predicted molar refractivity (Wildman–Crippen MR) is 187 cm³/mol. The van der Waals surface area contributed by atoms with Crippen molar-refractivity contribution in [3.05, 3.63) is 77.0 Å². The van der Waals surface area contributed by atoms with Crippen LogP contribution in [0.3, 0.4) is 0 Å². The molecule has 54 heavy (non-hydrogen) atoms. The summed E-state index contributed by atoms with van der Waals surface area (Å²) in [7, 11) is 0. The minimum absolute atomic E-state index is 0.0200. The third-order valence-corrected chi connectivity index (χ3v) is 9.24. The number of thioether (sulfide) groups is 1. The highest BCUT2D eigenvalue weighted by molar-refractivity contribution is 7.99. The lowest BCUT2D eigenvalue weighted by Gasteiger charge is -2.43. The summed E-state index contributed by atoms with van der Waals surface area (Å²) in [4.78, 5) is 62.5. The molecule has 5 unspecified atom stereocenters. The number of tetrazole rings is 1. The van der Waals surface area contributed by atoms with Gasteiger partial charge in [-0.2, -0.15) is 4.80 Å². The number of Topliss-reactive ketones (excluding diaryl/α,β-unsaturated/α-hetero) is 1. The molecule has 6 rings (SSSR count). The highest BCUT2D eigenvalue weighted by atomic mass is 35.5. The number of benzene rings is 2. The smallest absolute Gasteiger partial charge is 0.305 e. The van der Waals surface area contributed by atoms with Gasteiger partial charge in [-0.25, -0.2) is 0 Å². The second-order valence-electron chi connectivity index (χ2n) is 12.0. The van der Waals surface area contributed by atoms with Gasteiger partial charge in [0, 0.05) is 61.1 Å². The third-order valence-electron chi connectivity index (χ3n) is 7.90. The van der Waals surface area contributed by atoms with Crippen LogP contribution in [0.1, 0.15) is 56.6 Å². The first kappa shape index (κ1) is 38.1. The molecule has 282 valence electrons. The summed E-state index contributed by atoms with van der Waals surface area (Å²) >= 11 is 7.11. The van der Waals surface area contributed by atoms with Crippen LogP contribution in [-0.4, -0.2) is 99.2 Å². The number of carbonyl (C=O) groups excluding carboxylic acids is 5. The van der Waals surface area contributed by atoms with Crippen LogP contribution in [0.4, 0.5) is 0 Å². The zero-order chi connectivity index (χ0) is 38.7. The molecule has 5 aromatic rings. The Hall–Kier alpha value is -5.66. The fourth-order valence-electron chi connectivity index (χ4n) is 5.87. The number of hydrogen-bond acceptors (Lipinski definition) is 16. The van der Waals surface area contributed by atoms with E-state index in [-0.39, 0.29) is 24.0 Å². The molecule has 1 saturated heterocycles. The van der Waals surface area contributed by atoms with E-state index < -0.39 is 53.9 Å². The topological polar surface area (TPSA) is 211 Å². The molecule has 0 spiro atoms. The van der Waals surface area contributed by atoms with Gasteiger partial charge in [0.05, 0.1) is 6.54 Å². The van der Waals surface area contributed by atoms with Crippen molar-refractivity contribution in [1.29, 1.82) is 0 Å². The molecule has 3 aromatic heterocycles. The van der Waals surface area contributed by atoms with Crippen LogP contribution in [0, 0.1) is 0 Å². The lowest BCUT2D eigenvalue weighted by molar-refractivity contribution is -0.280. The molecule has 1 aliphatic rings. The molecule has 0 saturated carbocycles. The minimum Gasteiger partial charge on any atom is -0.455 e. The van der Waals surface area contributed by atoms with Gasteiger partial charge in [-0.15, -0.1) is 20.4 Å². The van der Waals surface area contributed by atoms with E-state index >= 15 is 0 Å². The number of rotatable bonds is 12. The fourth-order valence-corrected chi connectivity index (χ4v) is 7.11. The Morgan fingerprint density at radius 3 is 2.09 bits per heavy atom. The number of halogens is 1. The van der Waals surface area contributed by atoms with E-state index in [2.05, 4.69) is 25.6 Å². The van der Waals surface area contributed by atoms with Gasteiger partial charge in [0.2, 0.25) is 12.4 Å². The molecule has 2 aromatic carbocycles. The SMILES string of the molecule is CC(=O)OC1OC(Sc2nnc(Cn3nnc(Cn4cc(C(C)=O)c5ccccc54)n3)n2-c2ccc(Cl)cc2)C(OC(C)=O)C(OC(C)=O)C1OC(C)=O. The molecule has 20 heteroatoms. The number of para-hydroxylation sites is 1. The van der Waals surface area contributed by atoms with Gasteiger partial charge in [0.15, 0.2) is 40.2 Å². The number of aromatic nitrogens is 8. The van der Waals surface area contributed by atoms with Gasteiger partial charge in [-0.1, -0.05) is 29.8 Å². The number of hydrogen-bond donors (Lipinski definition) is 0. The van der Waals surface area contributed by atoms with Gasteiger partial charge in [0.25, 0.3) is 0 Å². The van der Waals surface area contributed by atoms with Gasteiger partial charge in [0.1, 0.15) is 6.54 Å². The fraction of sp³-hybridized carbons (Fsp3) is 0.353. The van der Waals surface area contributed by atoms with Crippen molar-refractivity contribution >= 4 is 63.9 Å². The van der Waals surface area contributed by atoms with Gasteiger partial charge in [-0.3, -0.25) is 28.5 Å². The normalized spacial score (nSPS) is 19.6. The zero-order valence-electron chi connectivity index (χ0n) is 29.4. The van der Waals surface area contributed by atoms with Crippen LogP contribution in [0.5, 0.6) is 0 Å². The molecule has 0 amide bonds. The number of nitrogens with zero attached hydrogens (tertiary/aromatic N) is 8. The Bertz CT molecular complexity index is 2220. The van der Waals surface area contributed by atoms with Crippen molar-refractivity contribution in [3.8, 4) is 5.69 Å². The average molecular weight is 781 g/mol. The second kappa shape index (κ2) is 16.1. The molecular weight excluding hydrogens is 748 g/mol. The summed E-state index contributed by atoms with van der Waals surface area (Å²) in [6.45, 7) is 6.20. The summed E-state index contributed by atoms with van der Waals surface area (Å²) in [5.41, 5.74) is 0.719. The maximum absolute atomic E-state index is 12.4. The van der Waals surface area contributed by atoms with Crippen molar-refractivity contribution < 1.29 is 47.7 Å². The molecule has 0 radical (unpaired) electrons. The zero-order valence-corrected chi connectivity index (χ0v) is 31.0. The molecule has 1 fully saturated rings. The molecule has 0 bridgehead atoms. The first-order valence-corrected chi connectivity index (χ1v) is 17.6. The quantitative estimate of drug-likeness (QED) is 0.101. The predicted octanol–water partition coefficient (Wildman–Crippen LogP) is 3.29. The van der Waals surface area contributed by atoms with E-state index in [4.69, 9.17) is 35.3 Å². The maximum atomic E-state index is 12.4. The molecule has 18 nitrogen and oxygen atoms in total. The van der Waals surface area contributed by atoms with Gasteiger partial charge >= 0.3 is 23.9 Å². The van der Waals surface area contributed by atoms with Crippen molar-refractivity contribution in [3.63, 3.8) is 0 Å². The summed E-state index contributed by atoms with van der Waals surface area (Å²) in [5, 5.41) is 23.2. The van der Waals surface area contributed by atoms with Crippen LogP contribution in [0.15, 0.2) is 59.9 Å². The summed E-state index contributed by atoms with van der Waals surface area (Å²) in [6.07, 6.45) is -4.16. The first-order valence-electron chi connectivity index (χ1n) is 16.3. The monoisotopic (exact) mass is 780 g/mol. The van der Waals surface area contributed by atoms with Crippen LogP contribution in [0.2, 0.25) is 5.02 Å². The first-order chi connectivity index (χ1) is 25.8. The lowest BCUT2D eigenvalue weighted by Crippen LogP contribution is -2.61. The largest absolute Gasteiger partial charge is 0.455 e. The number of carbonyl (C=O) groups is 5. The van der Waals surface area contributed by atoms with Crippen molar-refractivity contribution in [2.75, 3.05) is 0 Å². The van der Waals surface area contributed by atoms with E-state index in [1.165, 1.54) is 11.7 Å². The number of ketones is 1. The Balaban J connectivity index is 1.34. The Labute approximate surface area is 316 Å². The van der Waals surface area contributed by atoms with Crippen molar-refractivity contribution in [2.24, 2.45) is 0 Å². The average Bonchev–Trinajstić information content (AvgIpc) is 3.82. The standard InChI is InChI=1S/C34H33ClN8O10S/c1-17(44)25-14-41(26-9-7-6-8-24(25)26)15-27-36-40-42(39-27)16-28-37-38-34(43(28)23-12-10-22(35)11-13-23)54-33-31(51-20(4)47)29(49-18(2)45)30(50-19(3)46)32(53-33)52-21(5)48/h6-14,29-33H,15-16H2,1-5H3. The molecule has 5 atom stereocenters. The van der Waals surface area contributed by atoms with E-state index in [0.717, 1.165) is 50.4 Å². The van der Waals surface area contributed by atoms with Crippen LogP contribution in [-0.2, 0) is 56.0 Å². The van der Waals surface area contributed by atoms with Crippen molar-refractivity contribution in [2.45, 2.75) is 82.9 Å². The number of fused-ring (bicyclic) bond motifs is 1. The van der Waals surface area contributed by atoms with Crippen LogP contribution >= 0.6 is 23.4 Å². The second-order valence-corrected chi connectivity index (χ2v) is 13.5. The highest BCUT2D eigenvalue weighted by Gasteiger charge is 2.54. The number of esters is 4. The summed E-state index contributed by atoms with van der Waals surface area (Å²) < 4.78 is 31.4. The van der Waals surface area contributed by atoms with Gasteiger partial charge in [-0.05, 0) is 54.2 Å². The molecule has 0 N–H and O–H groups in total. The maximum Gasteiger partial charge on any atom is 0.305 e. The molecule has 4 heterocycles. The summed E-state index contributed by atoms with van der Waals surface area (Å²) in [5.74, 6) is -2.51.